The number of nitrogens with zero attached hydrogens (tertiary/aromatic N) is 1. The topological polar surface area (TPSA) is 114 Å². The highest BCUT2D eigenvalue weighted by atomic mass is 19.1. The molecule has 0 bridgehead atoms. The number of ether oxygens (including phenoxy) is 1. The van der Waals surface area contributed by atoms with Crippen molar-refractivity contribution >= 4 is 29.1 Å². The molecule has 1 aromatic rings. The van der Waals surface area contributed by atoms with Crippen molar-refractivity contribution in [1.29, 1.82) is 0 Å². The van der Waals surface area contributed by atoms with Crippen LogP contribution in [0.15, 0.2) is 18.2 Å². The number of nitrogens with two attached hydrogens (primary N) is 1. The molecule has 1 aliphatic rings. The normalized spacial score (nSPS) is 15.9. The molecule has 1 heterocycles. The summed E-state index contributed by atoms with van der Waals surface area (Å²) in [5.41, 5.74) is 5.42. The van der Waals surface area contributed by atoms with Gasteiger partial charge in [-0.15, -0.1) is 0 Å². The van der Waals surface area contributed by atoms with Crippen molar-refractivity contribution in [3.63, 3.8) is 0 Å². The van der Waals surface area contributed by atoms with E-state index in [1.807, 2.05) is 0 Å². The summed E-state index contributed by atoms with van der Waals surface area (Å²) >= 11 is 0. The van der Waals surface area contributed by atoms with E-state index in [0.717, 1.165) is 6.07 Å². The number of rotatable bonds is 6. The molecule has 1 fully saturated rings. The molecular weight excluding hydrogens is 319 g/mol. The molecule has 0 aromatic heterocycles. The zero-order valence-corrected chi connectivity index (χ0v) is 13.2. The third kappa shape index (κ3) is 4.06. The third-order valence-electron chi connectivity index (χ3n) is 3.45. The first-order valence-corrected chi connectivity index (χ1v) is 7.45. The molecule has 9 heteroatoms. The van der Waals surface area contributed by atoms with Crippen LogP contribution in [0.2, 0.25) is 0 Å². The van der Waals surface area contributed by atoms with Gasteiger partial charge in [0.05, 0.1) is 12.3 Å². The van der Waals surface area contributed by atoms with Crippen LogP contribution in [0, 0.1) is 5.82 Å². The summed E-state index contributed by atoms with van der Waals surface area (Å²) in [6, 6.07) is 2.71. The molecule has 2 rings (SSSR count). The van der Waals surface area contributed by atoms with Crippen LogP contribution in [0.1, 0.15) is 6.92 Å². The van der Waals surface area contributed by atoms with Gasteiger partial charge in [-0.1, -0.05) is 6.92 Å². The lowest BCUT2D eigenvalue weighted by atomic mass is 10.2. The number of carbonyl (C=O) groups excluding carboxylic acids is 3. The lowest BCUT2D eigenvalue weighted by molar-refractivity contribution is -0.128. The second kappa shape index (κ2) is 7.84. The highest BCUT2D eigenvalue weighted by Crippen LogP contribution is 2.24. The number of hydrogen-bond acceptors (Lipinski definition) is 5. The molecule has 0 unspecified atom stereocenters. The predicted molar refractivity (Wildman–Crippen MR) is 84.9 cm³/mol. The zero-order chi connectivity index (χ0) is 17.7. The number of likely N-dealkylation sites (N-methyl/N-ethyl adjacent to an activating group) is 1. The minimum absolute atomic E-state index is 0.0963. The first-order valence-electron chi connectivity index (χ1n) is 7.45. The van der Waals surface area contributed by atoms with E-state index in [4.69, 9.17) is 10.5 Å². The summed E-state index contributed by atoms with van der Waals surface area (Å²) in [7, 11) is 0. The van der Waals surface area contributed by atoms with Crippen molar-refractivity contribution in [2.45, 2.75) is 13.0 Å². The van der Waals surface area contributed by atoms with Gasteiger partial charge in [-0.3, -0.25) is 19.7 Å². The molecule has 0 aliphatic carbocycles. The Labute approximate surface area is 138 Å². The van der Waals surface area contributed by atoms with Gasteiger partial charge in [-0.2, -0.15) is 0 Å². The summed E-state index contributed by atoms with van der Waals surface area (Å²) in [6.07, 6.45) is 0. The van der Waals surface area contributed by atoms with Crippen LogP contribution in [-0.4, -0.2) is 50.1 Å². The molecular formula is C15H19FN4O4. The van der Waals surface area contributed by atoms with Gasteiger partial charge in [-0.25, -0.2) is 4.39 Å². The van der Waals surface area contributed by atoms with Crippen molar-refractivity contribution in [1.82, 2.24) is 5.32 Å². The van der Waals surface area contributed by atoms with E-state index < -0.39 is 23.7 Å². The Kier molecular flexibility index (Phi) is 5.83. The Balaban J connectivity index is 2.13. The zero-order valence-electron chi connectivity index (χ0n) is 13.2. The predicted octanol–water partition coefficient (Wildman–Crippen LogP) is -0.409. The molecule has 1 saturated heterocycles. The molecule has 1 atom stereocenters. The lowest BCUT2D eigenvalue weighted by Gasteiger charge is -2.27. The van der Waals surface area contributed by atoms with Crippen molar-refractivity contribution in [2.75, 3.05) is 36.5 Å². The van der Waals surface area contributed by atoms with Crippen LogP contribution in [0.3, 0.4) is 0 Å². The summed E-state index contributed by atoms with van der Waals surface area (Å²) in [4.78, 5) is 36.3. The van der Waals surface area contributed by atoms with Crippen LogP contribution in [0.5, 0.6) is 0 Å². The summed E-state index contributed by atoms with van der Waals surface area (Å²) < 4.78 is 19.3. The molecule has 8 nitrogen and oxygen atoms in total. The van der Waals surface area contributed by atoms with E-state index in [-0.39, 0.29) is 30.4 Å². The second-order valence-corrected chi connectivity index (χ2v) is 5.15. The summed E-state index contributed by atoms with van der Waals surface area (Å²) in [5, 5.41) is 5.06. The van der Waals surface area contributed by atoms with Gasteiger partial charge in [0.2, 0.25) is 5.91 Å². The van der Waals surface area contributed by atoms with Gasteiger partial charge in [0, 0.05) is 12.2 Å². The van der Waals surface area contributed by atoms with E-state index in [0.29, 0.717) is 13.2 Å². The molecule has 24 heavy (non-hydrogen) atoms. The Morgan fingerprint density at radius 2 is 2.21 bits per heavy atom. The fourth-order valence-corrected chi connectivity index (χ4v) is 2.32. The van der Waals surface area contributed by atoms with Crippen LogP contribution < -0.4 is 21.3 Å². The Hall–Kier alpha value is -2.52. The van der Waals surface area contributed by atoms with Crippen molar-refractivity contribution < 1.29 is 23.5 Å². The largest absolute Gasteiger partial charge is 0.370 e. The average Bonchev–Trinajstić information content (AvgIpc) is 2.53. The lowest BCUT2D eigenvalue weighted by Crippen LogP contribution is -2.49. The Morgan fingerprint density at radius 3 is 2.79 bits per heavy atom. The van der Waals surface area contributed by atoms with E-state index in [1.54, 1.807) is 6.92 Å². The number of anilines is 2. The van der Waals surface area contributed by atoms with E-state index in [2.05, 4.69) is 10.6 Å². The van der Waals surface area contributed by atoms with Crippen LogP contribution in [-0.2, 0) is 19.1 Å². The minimum atomic E-state index is -1.21. The van der Waals surface area contributed by atoms with Crippen molar-refractivity contribution in [3.05, 3.63) is 24.0 Å². The van der Waals surface area contributed by atoms with Gasteiger partial charge in [-0.05, 0) is 24.7 Å². The van der Waals surface area contributed by atoms with Crippen LogP contribution in [0.25, 0.3) is 0 Å². The van der Waals surface area contributed by atoms with Gasteiger partial charge in [0.25, 0.3) is 11.8 Å². The Morgan fingerprint density at radius 1 is 1.46 bits per heavy atom. The first-order chi connectivity index (χ1) is 11.4. The Bertz CT molecular complexity index is 652. The number of morpholine rings is 1. The number of carbonyl (C=O) groups is 3. The molecule has 0 spiro atoms. The molecule has 130 valence electrons. The van der Waals surface area contributed by atoms with Crippen molar-refractivity contribution in [2.24, 2.45) is 5.73 Å². The summed E-state index contributed by atoms with van der Waals surface area (Å²) in [5.74, 6) is -2.51. The quantitative estimate of drug-likeness (QED) is 0.610. The van der Waals surface area contributed by atoms with Gasteiger partial charge >= 0.3 is 0 Å². The van der Waals surface area contributed by atoms with Gasteiger partial charge < -0.3 is 20.7 Å². The maximum absolute atomic E-state index is 14.3. The molecule has 0 radical (unpaired) electrons. The maximum Gasteiger partial charge on any atom is 0.253 e. The summed E-state index contributed by atoms with van der Waals surface area (Å²) in [6.45, 7) is 2.57. The number of nitrogens with one attached hydrogen (secondary N) is 2. The highest BCUT2D eigenvalue weighted by molar-refractivity contribution is 6.09. The van der Waals surface area contributed by atoms with E-state index in [9.17, 15) is 18.8 Å². The third-order valence-corrected chi connectivity index (χ3v) is 3.45. The number of primary amides is 1. The van der Waals surface area contributed by atoms with E-state index in [1.165, 1.54) is 17.0 Å². The van der Waals surface area contributed by atoms with Crippen LogP contribution >= 0.6 is 0 Å². The number of amides is 3. The minimum Gasteiger partial charge on any atom is -0.370 e. The van der Waals surface area contributed by atoms with E-state index >= 15 is 0 Å². The monoisotopic (exact) mass is 338 g/mol. The molecule has 0 saturated carbocycles. The number of hydrogen-bond donors (Lipinski definition) is 3. The first kappa shape index (κ1) is 17.8. The maximum atomic E-state index is 14.3. The van der Waals surface area contributed by atoms with Gasteiger partial charge in [0.15, 0.2) is 6.04 Å². The number of halogens is 1. The highest BCUT2D eigenvalue weighted by Gasteiger charge is 2.25. The smallest absolute Gasteiger partial charge is 0.253 e. The molecule has 1 aliphatic heterocycles. The molecule has 1 aromatic carbocycles. The standard InChI is InChI=1S/C15H19FN4O4/c1-2-18-13(14(17)22)15(23)19-9-3-4-11(10(16)7-9)20-5-6-24-8-12(20)21/h3-4,7,13,18H,2,5-6,8H2,1H3,(H2,17,22)(H,19,23)/t13-/m0/s1. The average molecular weight is 338 g/mol. The number of benzene rings is 1. The fourth-order valence-electron chi connectivity index (χ4n) is 2.32. The van der Waals surface area contributed by atoms with Crippen molar-refractivity contribution in [3.8, 4) is 0 Å². The molecule has 3 amide bonds. The SMILES string of the molecule is CCN[C@@H](C(N)=O)C(=O)Nc1ccc(N2CCOCC2=O)c(F)c1. The van der Waals surface area contributed by atoms with Gasteiger partial charge in [0.1, 0.15) is 12.4 Å². The molecule has 4 N–H and O–H groups in total. The fraction of sp³-hybridized carbons (Fsp3) is 0.400. The van der Waals surface area contributed by atoms with Crippen LogP contribution in [0.4, 0.5) is 15.8 Å². The second-order valence-electron chi connectivity index (χ2n) is 5.15.